The van der Waals surface area contributed by atoms with Crippen molar-refractivity contribution in [3.05, 3.63) is 41.9 Å². The van der Waals surface area contributed by atoms with E-state index in [1.54, 1.807) is 22.8 Å². The van der Waals surface area contributed by atoms with Crippen LogP contribution in [0.4, 0.5) is 20.5 Å². The van der Waals surface area contributed by atoms with Crippen LogP contribution in [0.5, 0.6) is 0 Å². The van der Waals surface area contributed by atoms with Crippen LogP contribution in [0, 0.1) is 0 Å². The van der Waals surface area contributed by atoms with E-state index >= 15 is 0 Å². The fourth-order valence-corrected chi connectivity index (χ4v) is 6.37. The number of para-hydroxylation sites is 2. The van der Waals surface area contributed by atoms with Gasteiger partial charge in [0.05, 0.1) is 41.3 Å². The topological polar surface area (TPSA) is 88.4 Å². The van der Waals surface area contributed by atoms with E-state index in [4.69, 9.17) is 14.7 Å². The van der Waals surface area contributed by atoms with Crippen molar-refractivity contribution in [1.82, 2.24) is 24.4 Å². The highest BCUT2D eigenvalue weighted by Crippen LogP contribution is 2.31. The van der Waals surface area contributed by atoms with Gasteiger partial charge in [-0.15, -0.1) is 0 Å². The predicted octanol–water partition coefficient (Wildman–Crippen LogP) is 4.37. The Bertz CT molecular complexity index is 1320. The molecule has 3 aromatic rings. The third-order valence-electron chi connectivity index (χ3n) is 7.92. The summed E-state index contributed by atoms with van der Waals surface area (Å²) in [5.41, 5.74) is 1.82. The molecule has 1 saturated carbocycles. The highest BCUT2D eigenvalue weighted by Gasteiger charge is 2.36. The van der Waals surface area contributed by atoms with Crippen LogP contribution in [0.2, 0.25) is 0 Å². The number of ether oxygens (including phenoxy) is 1. The lowest BCUT2D eigenvalue weighted by atomic mass is 9.90. The highest BCUT2D eigenvalue weighted by atomic mass is 79.9. The van der Waals surface area contributed by atoms with Crippen molar-refractivity contribution in [3.8, 4) is 0 Å². The van der Waals surface area contributed by atoms with Crippen molar-refractivity contribution < 1.29 is 18.3 Å². The summed E-state index contributed by atoms with van der Waals surface area (Å²) in [6.45, 7) is 3.50. The summed E-state index contributed by atoms with van der Waals surface area (Å²) in [6, 6.07) is 9.53. The second kappa shape index (κ2) is 11.3. The largest absolute Gasteiger partial charge is 0.378 e. The van der Waals surface area contributed by atoms with E-state index in [9.17, 15) is 13.6 Å². The van der Waals surface area contributed by atoms with Crippen LogP contribution in [0.15, 0.2) is 30.3 Å². The van der Waals surface area contributed by atoms with E-state index in [1.165, 1.54) is 0 Å². The Kier molecular flexibility index (Phi) is 7.66. The number of aromatic nitrogens is 4. The smallest absolute Gasteiger partial charge is 0.295 e. The number of fused-ring (bicyclic) bond motifs is 1. The van der Waals surface area contributed by atoms with Gasteiger partial charge >= 0.3 is 0 Å². The zero-order chi connectivity index (χ0) is 26.9. The van der Waals surface area contributed by atoms with E-state index < -0.39 is 6.43 Å². The van der Waals surface area contributed by atoms with E-state index in [0.29, 0.717) is 54.8 Å². The minimum Gasteiger partial charge on any atom is -0.378 e. The first-order chi connectivity index (χ1) is 19.0. The van der Waals surface area contributed by atoms with Crippen LogP contribution in [-0.4, -0.2) is 80.1 Å². The molecule has 3 aliphatic rings. The Morgan fingerprint density at radius 1 is 1.03 bits per heavy atom. The molecular weight excluding hydrogens is 572 g/mol. The molecule has 39 heavy (non-hydrogen) atoms. The normalized spacial score (nSPS) is 24.2. The van der Waals surface area contributed by atoms with Crippen molar-refractivity contribution in [2.75, 3.05) is 43.1 Å². The first-order valence-electron chi connectivity index (χ1n) is 13.6. The molecule has 0 bridgehead atoms. The minimum atomic E-state index is -2.70. The van der Waals surface area contributed by atoms with Gasteiger partial charge in [-0.2, -0.15) is 4.98 Å². The number of carbonyl (C=O) groups excluding carboxylic acids is 1. The number of nitrogens with zero attached hydrogens (tertiary/aromatic N) is 6. The average molecular weight is 604 g/mol. The molecule has 1 aliphatic carbocycles. The Hall–Kier alpha value is -2.86. The van der Waals surface area contributed by atoms with Crippen molar-refractivity contribution in [3.63, 3.8) is 0 Å². The fourth-order valence-electron chi connectivity index (χ4n) is 5.90. The molecule has 1 N–H and O–H groups in total. The molecular formula is C27H32BrF2N7O2. The molecule has 0 spiro atoms. The number of morpholine rings is 1. The minimum absolute atomic E-state index is 0.0513. The number of carbonyl (C=O) groups is 1. The van der Waals surface area contributed by atoms with E-state index in [1.807, 2.05) is 17.0 Å². The Labute approximate surface area is 234 Å². The average Bonchev–Trinajstić information content (AvgIpc) is 3.49. The molecule has 3 fully saturated rings. The Balaban J connectivity index is 1.23. The number of amides is 1. The van der Waals surface area contributed by atoms with Crippen molar-refractivity contribution >= 4 is 44.6 Å². The highest BCUT2D eigenvalue weighted by molar-refractivity contribution is 9.10. The van der Waals surface area contributed by atoms with Gasteiger partial charge in [-0.1, -0.05) is 28.1 Å². The van der Waals surface area contributed by atoms with Gasteiger partial charge in [0.1, 0.15) is 5.82 Å². The van der Waals surface area contributed by atoms with Gasteiger partial charge in [0.25, 0.3) is 6.43 Å². The van der Waals surface area contributed by atoms with Gasteiger partial charge < -0.3 is 24.4 Å². The molecule has 2 saturated heterocycles. The maximum absolute atomic E-state index is 13.9. The number of hydrogen-bond acceptors (Lipinski definition) is 7. The number of nitrogens with one attached hydrogen (secondary N) is 1. The maximum atomic E-state index is 13.9. The summed E-state index contributed by atoms with van der Waals surface area (Å²) in [6.07, 6.45) is 1.90. The summed E-state index contributed by atoms with van der Waals surface area (Å²) in [7, 11) is 0. The van der Waals surface area contributed by atoms with Gasteiger partial charge in [-0.05, 0) is 44.2 Å². The predicted molar refractivity (Wildman–Crippen MR) is 148 cm³/mol. The quantitative estimate of drug-likeness (QED) is 0.401. The molecule has 9 nitrogen and oxygen atoms in total. The summed E-state index contributed by atoms with van der Waals surface area (Å²) < 4.78 is 34.9. The zero-order valence-corrected chi connectivity index (χ0v) is 23.2. The molecule has 2 aliphatic heterocycles. The van der Waals surface area contributed by atoms with Gasteiger partial charge in [0, 0.05) is 37.8 Å². The number of imidazole rings is 1. The zero-order valence-electron chi connectivity index (χ0n) is 21.6. The number of anilines is 2. The second-order valence-electron chi connectivity index (χ2n) is 10.4. The first-order valence-corrected chi connectivity index (χ1v) is 14.5. The molecule has 2 aromatic heterocycles. The number of rotatable bonds is 7. The third kappa shape index (κ3) is 5.58. The number of benzene rings is 1. The molecule has 0 radical (unpaired) electrons. The first kappa shape index (κ1) is 26.4. The van der Waals surface area contributed by atoms with Gasteiger partial charge in [-0.25, -0.2) is 18.7 Å². The summed E-state index contributed by atoms with van der Waals surface area (Å²) in [4.78, 5) is 30.3. The lowest BCUT2D eigenvalue weighted by Gasteiger charge is -2.35. The number of likely N-dealkylation sites (tertiary alicyclic amines) is 1. The maximum Gasteiger partial charge on any atom is 0.295 e. The number of hydrogen-bond donors (Lipinski definition) is 1. The molecule has 1 amide bonds. The van der Waals surface area contributed by atoms with Gasteiger partial charge in [0.2, 0.25) is 11.9 Å². The lowest BCUT2D eigenvalue weighted by Crippen LogP contribution is -2.42. The Morgan fingerprint density at radius 3 is 2.51 bits per heavy atom. The Morgan fingerprint density at radius 2 is 1.79 bits per heavy atom. The standard InChI is InChI=1S/C27H32BrF2N7O2/c28-20-9-10-36(26(20)38)19-7-5-17(6-8-19)31-23-15-18(32-27(34-23)35-11-13-39-14-12-35)16-37-22-4-2-1-3-21(22)33-25(37)24(29)30/h1-4,15,17,19-20,24H,5-14,16H2,(H,31,32,34)/t17-,19-,20?. The van der Waals surface area contributed by atoms with Crippen LogP contribution in [0.1, 0.15) is 50.0 Å². The summed E-state index contributed by atoms with van der Waals surface area (Å²) >= 11 is 3.48. The molecule has 6 rings (SSSR count). The van der Waals surface area contributed by atoms with Crippen molar-refractivity contribution in [2.45, 2.75) is 62.0 Å². The van der Waals surface area contributed by atoms with E-state index in [-0.39, 0.29) is 35.2 Å². The van der Waals surface area contributed by atoms with E-state index in [0.717, 1.165) is 38.6 Å². The second-order valence-corrected chi connectivity index (χ2v) is 11.5. The molecule has 1 aromatic carbocycles. The SMILES string of the molecule is O=C1C(Br)CCN1[C@H]1CC[C@H](Nc2cc(Cn3c(C(F)F)nc4ccccc43)nc(N3CCOCC3)n2)CC1. The molecule has 12 heteroatoms. The molecule has 1 atom stereocenters. The third-order valence-corrected chi connectivity index (χ3v) is 8.77. The van der Waals surface area contributed by atoms with Crippen LogP contribution < -0.4 is 10.2 Å². The number of halogens is 3. The van der Waals surface area contributed by atoms with E-state index in [2.05, 4.69) is 31.1 Å². The van der Waals surface area contributed by atoms with Crippen LogP contribution in [-0.2, 0) is 16.1 Å². The van der Waals surface area contributed by atoms with Crippen LogP contribution >= 0.6 is 15.9 Å². The molecule has 1 unspecified atom stereocenters. The summed E-state index contributed by atoms with van der Waals surface area (Å²) in [5.74, 6) is 1.20. The molecule has 4 heterocycles. The van der Waals surface area contributed by atoms with Gasteiger partial charge in [0.15, 0.2) is 5.82 Å². The monoisotopic (exact) mass is 603 g/mol. The molecule has 208 valence electrons. The van der Waals surface area contributed by atoms with Crippen molar-refractivity contribution in [1.29, 1.82) is 0 Å². The van der Waals surface area contributed by atoms with Crippen LogP contribution in [0.25, 0.3) is 11.0 Å². The fraction of sp³-hybridized carbons (Fsp3) is 0.556. The van der Waals surface area contributed by atoms with Crippen molar-refractivity contribution in [2.24, 2.45) is 0 Å². The van der Waals surface area contributed by atoms with Gasteiger partial charge in [-0.3, -0.25) is 4.79 Å². The van der Waals surface area contributed by atoms with Crippen LogP contribution in [0.3, 0.4) is 0 Å². The lowest BCUT2D eigenvalue weighted by molar-refractivity contribution is -0.129. The summed E-state index contributed by atoms with van der Waals surface area (Å²) in [5, 5.41) is 3.59. The number of alkyl halides is 3.